The van der Waals surface area contributed by atoms with Gasteiger partial charge in [0.2, 0.25) is 0 Å². The molecule has 0 saturated carbocycles. The van der Waals surface area contributed by atoms with Crippen LogP contribution < -0.4 is 0 Å². The van der Waals surface area contributed by atoms with Crippen molar-refractivity contribution in [1.82, 2.24) is 0 Å². The van der Waals surface area contributed by atoms with Crippen LogP contribution in [0.5, 0.6) is 0 Å². The standard InChI is InChI=1S/C23H46O3/c1-3-5-7-9-11-15-19-22(18-14-8-6-4-2)26-23(25)20-16-12-10-13-17-21-24/h22,24H,3-21H2,1-2H3. The van der Waals surface area contributed by atoms with Gasteiger partial charge in [0, 0.05) is 13.0 Å². The van der Waals surface area contributed by atoms with Crippen molar-refractivity contribution < 1.29 is 14.6 Å². The third-order valence-electron chi connectivity index (χ3n) is 5.10. The van der Waals surface area contributed by atoms with E-state index < -0.39 is 0 Å². The molecule has 0 saturated heterocycles. The molecule has 0 amide bonds. The largest absolute Gasteiger partial charge is 0.462 e. The normalized spacial score (nSPS) is 12.3. The van der Waals surface area contributed by atoms with E-state index in [1.807, 2.05) is 0 Å². The van der Waals surface area contributed by atoms with Gasteiger partial charge in [-0.2, -0.15) is 0 Å². The van der Waals surface area contributed by atoms with E-state index in [1.54, 1.807) is 0 Å². The van der Waals surface area contributed by atoms with Crippen molar-refractivity contribution in [2.75, 3.05) is 6.61 Å². The molecular formula is C23H46O3. The fourth-order valence-electron chi connectivity index (χ4n) is 3.37. The Morgan fingerprint density at radius 3 is 1.73 bits per heavy atom. The van der Waals surface area contributed by atoms with Crippen molar-refractivity contribution >= 4 is 5.97 Å². The van der Waals surface area contributed by atoms with Crippen molar-refractivity contribution in [3.63, 3.8) is 0 Å². The number of rotatable bonds is 20. The predicted octanol–water partition coefficient (Wildman–Crippen LogP) is 6.95. The lowest BCUT2D eigenvalue weighted by Gasteiger charge is -2.18. The Balaban J connectivity index is 3.93. The molecule has 0 radical (unpaired) electrons. The van der Waals surface area contributed by atoms with E-state index in [0.717, 1.165) is 44.9 Å². The van der Waals surface area contributed by atoms with Gasteiger partial charge in [0.15, 0.2) is 0 Å². The van der Waals surface area contributed by atoms with Crippen LogP contribution in [-0.2, 0) is 9.53 Å². The monoisotopic (exact) mass is 370 g/mol. The van der Waals surface area contributed by atoms with Gasteiger partial charge in [0.25, 0.3) is 0 Å². The average molecular weight is 371 g/mol. The van der Waals surface area contributed by atoms with Crippen molar-refractivity contribution in [3.05, 3.63) is 0 Å². The molecule has 1 N–H and O–H groups in total. The molecule has 3 nitrogen and oxygen atoms in total. The van der Waals surface area contributed by atoms with E-state index in [1.165, 1.54) is 64.2 Å². The molecule has 0 aromatic carbocycles. The van der Waals surface area contributed by atoms with Gasteiger partial charge >= 0.3 is 5.97 Å². The Kier molecular flexibility index (Phi) is 20.3. The number of aliphatic hydroxyl groups is 1. The highest BCUT2D eigenvalue weighted by atomic mass is 16.5. The molecule has 0 rings (SSSR count). The summed E-state index contributed by atoms with van der Waals surface area (Å²) in [6, 6.07) is 0. The molecular weight excluding hydrogens is 324 g/mol. The van der Waals surface area contributed by atoms with Crippen molar-refractivity contribution in [2.24, 2.45) is 0 Å². The first kappa shape index (κ1) is 25.4. The maximum atomic E-state index is 12.1. The van der Waals surface area contributed by atoms with Crippen LogP contribution in [0.4, 0.5) is 0 Å². The number of ether oxygens (including phenoxy) is 1. The summed E-state index contributed by atoms with van der Waals surface area (Å²) in [5, 5.41) is 8.77. The minimum Gasteiger partial charge on any atom is -0.462 e. The average Bonchev–Trinajstić information content (AvgIpc) is 2.64. The molecule has 1 atom stereocenters. The van der Waals surface area contributed by atoms with E-state index in [0.29, 0.717) is 6.42 Å². The molecule has 0 aliphatic carbocycles. The van der Waals surface area contributed by atoms with Gasteiger partial charge in [-0.1, -0.05) is 84.5 Å². The topological polar surface area (TPSA) is 46.5 Å². The lowest BCUT2D eigenvalue weighted by Crippen LogP contribution is -2.18. The van der Waals surface area contributed by atoms with Crippen LogP contribution in [0, 0.1) is 0 Å². The first-order valence-corrected chi connectivity index (χ1v) is 11.5. The van der Waals surface area contributed by atoms with Gasteiger partial charge in [-0.25, -0.2) is 0 Å². The minimum atomic E-state index is -0.00127. The van der Waals surface area contributed by atoms with Crippen LogP contribution in [0.1, 0.15) is 129 Å². The molecule has 0 heterocycles. The van der Waals surface area contributed by atoms with Crippen molar-refractivity contribution in [2.45, 2.75) is 136 Å². The molecule has 0 fully saturated rings. The second kappa shape index (κ2) is 20.7. The Morgan fingerprint density at radius 2 is 1.15 bits per heavy atom. The van der Waals surface area contributed by atoms with Crippen LogP contribution in [0.15, 0.2) is 0 Å². The molecule has 26 heavy (non-hydrogen) atoms. The molecule has 0 spiro atoms. The van der Waals surface area contributed by atoms with Gasteiger partial charge in [0.05, 0.1) is 0 Å². The zero-order chi connectivity index (χ0) is 19.3. The fraction of sp³-hybridized carbons (Fsp3) is 0.957. The van der Waals surface area contributed by atoms with E-state index in [-0.39, 0.29) is 18.7 Å². The van der Waals surface area contributed by atoms with Gasteiger partial charge < -0.3 is 9.84 Å². The number of unbranched alkanes of at least 4 members (excludes halogenated alkanes) is 12. The fourth-order valence-corrected chi connectivity index (χ4v) is 3.37. The first-order chi connectivity index (χ1) is 12.7. The van der Waals surface area contributed by atoms with Crippen LogP contribution in [0.3, 0.4) is 0 Å². The molecule has 0 bridgehead atoms. The number of hydrogen-bond acceptors (Lipinski definition) is 3. The van der Waals surface area contributed by atoms with Crippen LogP contribution >= 0.6 is 0 Å². The Bertz CT molecular complexity index is 291. The first-order valence-electron chi connectivity index (χ1n) is 11.5. The maximum absolute atomic E-state index is 12.1. The molecule has 0 aromatic rings. The smallest absolute Gasteiger partial charge is 0.306 e. The molecule has 0 aliphatic rings. The summed E-state index contributed by atoms with van der Waals surface area (Å²) >= 11 is 0. The number of carbonyl (C=O) groups is 1. The summed E-state index contributed by atoms with van der Waals surface area (Å²) in [5.41, 5.74) is 0. The van der Waals surface area contributed by atoms with Crippen LogP contribution in [-0.4, -0.2) is 23.8 Å². The van der Waals surface area contributed by atoms with E-state index in [2.05, 4.69) is 13.8 Å². The van der Waals surface area contributed by atoms with Gasteiger partial charge in [-0.05, 0) is 38.5 Å². The molecule has 156 valence electrons. The van der Waals surface area contributed by atoms with Gasteiger partial charge in [-0.3, -0.25) is 4.79 Å². The molecule has 0 aliphatic heterocycles. The Morgan fingerprint density at radius 1 is 0.692 bits per heavy atom. The van der Waals surface area contributed by atoms with E-state index >= 15 is 0 Å². The maximum Gasteiger partial charge on any atom is 0.306 e. The molecule has 1 unspecified atom stereocenters. The number of hydrogen-bond donors (Lipinski definition) is 1. The predicted molar refractivity (Wildman–Crippen MR) is 111 cm³/mol. The Labute approximate surface area is 163 Å². The highest BCUT2D eigenvalue weighted by Crippen LogP contribution is 2.17. The minimum absolute atomic E-state index is 0.00127. The van der Waals surface area contributed by atoms with Crippen LogP contribution in [0.2, 0.25) is 0 Å². The summed E-state index contributed by atoms with van der Waals surface area (Å²) < 4.78 is 5.81. The van der Waals surface area contributed by atoms with Gasteiger partial charge in [-0.15, -0.1) is 0 Å². The number of aliphatic hydroxyl groups excluding tert-OH is 1. The third kappa shape index (κ3) is 18.2. The molecule has 0 aromatic heterocycles. The highest BCUT2D eigenvalue weighted by Gasteiger charge is 2.14. The zero-order valence-corrected chi connectivity index (χ0v) is 17.8. The SMILES string of the molecule is CCCCCCCCC(CCCCCC)OC(=O)CCCCCCCO. The second-order valence-electron chi connectivity index (χ2n) is 7.76. The lowest BCUT2D eigenvalue weighted by molar-refractivity contribution is -0.150. The summed E-state index contributed by atoms with van der Waals surface area (Å²) in [7, 11) is 0. The lowest BCUT2D eigenvalue weighted by atomic mass is 10.0. The quantitative estimate of drug-likeness (QED) is 0.186. The van der Waals surface area contributed by atoms with Crippen LogP contribution in [0.25, 0.3) is 0 Å². The molecule has 3 heteroatoms. The van der Waals surface area contributed by atoms with Gasteiger partial charge in [0.1, 0.15) is 6.10 Å². The zero-order valence-electron chi connectivity index (χ0n) is 17.8. The van der Waals surface area contributed by atoms with Crippen molar-refractivity contribution in [3.8, 4) is 0 Å². The summed E-state index contributed by atoms with van der Waals surface area (Å²) in [6.45, 7) is 4.76. The second-order valence-corrected chi connectivity index (χ2v) is 7.76. The summed E-state index contributed by atoms with van der Waals surface area (Å²) in [4.78, 5) is 12.1. The van der Waals surface area contributed by atoms with Crippen molar-refractivity contribution in [1.29, 1.82) is 0 Å². The number of carbonyl (C=O) groups excluding carboxylic acids is 1. The summed E-state index contributed by atoms with van der Waals surface area (Å²) in [6.07, 6.45) is 20.5. The highest BCUT2D eigenvalue weighted by molar-refractivity contribution is 5.69. The summed E-state index contributed by atoms with van der Waals surface area (Å²) in [5.74, 6) is -0.00127. The Hall–Kier alpha value is -0.570. The van der Waals surface area contributed by atoms with E-state index in [9.17, 15) is 4.79 Å². The number of esters is 1. The van der Waals surface area contributed by atoms with E-state index in [4.69, 9.17) is 9.84 Å². The third-order valence-corrected chi connectivity index (χ3v) is 5.10.